The lowest BCUT2D eigenvalue weighted by atomic mass is 9.97. The summed E-state index contributed by atoms with van der Waals surface area (Å²) >= 11 is 1.96. The van der Waals surface area contributed by atoms with Crippen molar-refractivity contribution in [2.45, 2.75) is 62.8 Å². The summed E-state index contributed by atoms with van der Waals surface area (Å²) in [5.74, 6) is 1.16. The minimum atomic E-state index is -0.680. The second-order valence-electron chi connectivity index (χ2n) is 5.37. The lowest BCUT2D eigenvalue weighted by Gasteiger charge is -2.40. The Bertz CT molecular complexity index is 285. The molecule has 3 nitrogen and oxygen atoms in total. The molecular formula is C13H23NO2S. The van der Waals surface area contributed by atoms with Gasteiger partial charge >= 0.3 is 5.97 Å². The Morgan fingerprint density at radius 1 is 1.41 bits per heavy atom. The van der Waals surface area contributed by atoms with Crippen LogP contribution in [0.1, 0.15) is 51.9 Å². The zero-order valence-corrected chi connectivity index (χ0v) is 11.4. The number of hydrogen-bond donors (Lipinski definition) is 2. The van der Waals surface area contributed by atoms with Crippen LogP contribution < -0.4 is 5.32 Å². The van der Waals surface area contributed by atoms with Gasteiger partial charge in [0.1, 0.15) is 6.04 Å². The van der Waals surface area contributed by atoms with Crippen molar-refractivity contribution in [1.82, 2.24) is 5.32 Å². The quantitative estimate of drug-likeness (QED) is 0.798. The second kappa shape index (κ2) is 5.61. The molecule has 2 aliphatic rings. The number of hydrogen-bond acceptors (Lipinski definition) is 3. The third-order valence-electron chi connectivity index (χ3n) is 4.25. The molecule has 1 heterocycles. The number of rotatable bonds is 2. The van der Waals surface area contributed by atoms with Gasteiger partial charge in [-0.15, -0.1) is 11.8 Å². The van der Waals surface area contributed by atoms with Crippen LogP contribution in [0.3, 0.4) is 0 Å². The third kappa shape index (κ3) is 3.16. The monoisotopic (exact) mass is 257 g/mol. The molecule has 1 saturated carbocycles. The van der Waals surface area contributed by atoms with Crippen molar-refractivity contribution in [1.29, 1.82) is 0 Å². The third-order valence-corrected chi connectivity index (χ3v) is 5.77. The van der Waals surface area contributed by atoms with Crippen molar-refractivity contribution in [3.05, 3.63) is 0 Å². The van der Waals surface area contributed by atoms with Crippen LogP contribution >= 0.6 is 11.8 Å². The van der Waals surface area contributed by atoms with E-state index in [-0.39, 0.29) is 10.9 Å². The number of aliphatic carboxylic acids is 1. The van der Waals surface area contributed by atoms with Crippen molar-refractivity contribution >= 4 is 17.7 Å². The van der Waals surface area contributed by atoms with Gasteiger partial charge in [-0.1, -0.05) is 26.2 Å². The van der Waals surface area contributed by atoms with E-state index in [2.05, 4.69) is 12.2 Å². The van der Waals surface area contributed by atoms with Crippen molar-refractivity contribution < 1.29 is 9.90 Å². The lowest BCUT2D eigenvalue weighted by molar-refractivity contribution is -0.140. The van der Waals surface area contributed by atoms with Gasteiger partial charge in [-0.05, 0) is 37.4 Å². The molecule has 2 fully saturated rings. The summed E-state index contributed by atoms with van der Waals surface area (Å²) in [5.41, 5.74) is 0. The zero-order valence-electron chi connectivity index (χ0n) is 10.6. The average Bonchev–Trinajstić information content (AvgIpc) is 2.52. The van der Waals surface area contributed by atoms with Crippen LogP contribution in [0.25, 0.3) is 0 Å². The van der Waals surface area contributed by atoms with Crippen LogP contribution in [0.5, 0.6) is 0 Å². The Hall–Kier alpha value is -0.220. The standard InChI is InChI=1S/C13H23NO2S/c1-2-10-4-3-7-13(8-5-10)14-11(12(15)16)6-9-17-13/h10-11,14H,2-9H2,1H3,(H,15,16). The van der Waals surface area contributed by atoms with Crippen LogP contribution in [-0.4, -0.2) is 27.7 Å². The maximum absolute atomic E-state index is 11.1. The first kappa shape index (κ1) is 13.2. The van der Waals surface area contributed by atoms with Crippen molar-refractivity contribution in [3.63, 3.8) is 0 Å². The van der Waals surface area contributed by atoms with Crippen molar-refractivity contribution in [3.8, 4) is 0 Å². The summed E-state index contributed by atoms with van der Waals surface area (Å²) in [6, 6.07) is -0.325. The molecule has 0 radical (unpaired) electrons. The van der Waals surface area contributed by atoms with Gasteiger partial charge in [0.05, 0.1) is 4.87 Å². The molecule has 1 aliphatic carbocycles. The Balaban J connectivity index is 2.00. The van der Waals surface area contributed by atoms with Gasteiger partial charge in [-0.3, -0.25) is 10.1 Å². The number of carboxylic acids is 1. The number of thioether (sulfide) groups is 1. The van der Waals surface area contributed by atoms with Crippen LogP contribution in [-0.2, 0) is 4.79 Å². The molecule has 98 valence electrons. The van der Waals surface area contributed by atoms with E-state index >= 15 is 0 Å². The summed E-state index contributed by atoms with van der Waals surface area (Å²) in [7, 11) is 0. The van der Waals surface area contributed by atoms with E-state index in [1.807, 2.05) is 11.8 Å². The molecule has 0 bridgehead atoms. The molecule has 2 rings (SSSR count). The van der Waals surface area contributed by atoms with E-state index in [4.69, 9.17) is 5.11 Å². The van der Waals surface area contributed by atoms with Gasteiger partial charge in [-0.2, -0.15) is 0 Å². The molecule has 0 aromatic heterocycles. The van der Waals surface area contributed by atoms with E-state index in [1.165, 1.54) is 25.7 Å². The molecule has 4 heteroatoms. The summed E-state index contributed by atoms with van der Waals surface area (Å²) in [4.78, 5) is 11.2. The van der Waals surface area contributed by atoms with Gasteiger partial charge in [0.25, 0.3) is 0 Å². The molecule has 3 unspecified atom stereocenters. The highest BCUT2D eigenvalue weighted by atomic mass is 32.2. The molecule has 1 spiro atoms. The van der Waals surface area contributed by atoms with E-state index in [9.17, 15) is 4.79 Å². The normalized spacial score (nSPS) is 38.9. The topological polar surface area (TPSA) is 49.3 Å². The van der Waals surface area contributed by atoms with Gasteiger partial charge in [0, 0.05) is 0 Å². The fraction of sp³-hybridized carbons (Fsp3) is 0.923. The van der Waals surface area contributed by atoms with Gasteiger partial charge in [0.15, 0.2) is 0 Å². The summed E-state index contributed by atoms with van der Waals surface area (Å²) in [5, 5.41) is 12.6. The average molecular weight is 257 g/mol. The molecular weight excluding hydrogens is 234 g/mol. The highest BCUT2D eigenvalue weighted by molar-refractivity contribution is 8.00. The Morgan fingerprint density at radius 2 is 2.24 bits per heavy atom. The van der Waals surface area contributed by atoms with E-state index in [0.717, 1.165) is 30.9 Å². The van der Waals surface area contributed by atoms with Crippen molar-refractivity contribution in [2.24, 2.45) is 5.92 Å². The maximum atomic E-state index is 11.1. The number of carbonyl (C=O) groups is 1. The highest BCUT2D eigenvalue weighted by Gasteiger charge is 2.39. The van der Waals surface area contributed by atoms with E-state index in [0.29, 0.717) is 0 Å². The number of nitrogens with one attached hydrogen (secondary N) is 1. The predicted octanol–water partition coefficient (Wildman–Crippen LogP) is 2.85. The minimum Gasteiger partial charge on any atom is -0.480 e. The van der Waals surface area contributed by atoms with Crippen LogP contribution in [0, 0.1) is 5.92 Å². The van der Waals surface area contributed by atoms with E-state index < -0.39 is 5.97 Å². The predicted molar refractivity (Wildman–Crippen MR) is 71.2 cm³/mol. The molecule has 1 aliphatic heterocycles. The largest absolute Gasteiger partial charge is 0.480 e. The first-order valence-electron chi connectivity index (χ1n) is 6.80. The smallest absolute Gasteiger partial charge is 0.320 e. The van der Waals surface area contributed by atoms with E-state index in [1.54, 1.807) is 0 Å². The molecule has 1 saturated heterocycles. The first-order valence-corrected chi connectivity index (χ1v) is 7.78. The maximum Gasteiger partial charge on any atom is 0.320 e. The molecule has 3 atom stereocenters. The van der Waals surface area contributed by atoms with Crippen LogP contribution in [0.4, 0.5) is 0 Å². The fourth-order valence-corrected chi connectivity index (χ4v) is 4.59. The Kier molecular flexibility index (Phi) is 4.36. The molecule has 0 aromatic carbocycles. The minimum absolute atomic E-state index is 0.0607. The number of carboxylic acid groups (broad SMARTS) is 1. The molecule has 0 amide bonds. The lowest BCUT2D eigenvalue weighted by Crippen LogP contribution is -2.54. The molecule has 17 heavy (non-hydrogen) atoms. The Morgan fingerprint density at radius 3 is 2.94 bits per heavy atom. The van der Waals surface area contributed by atoms with Gasteiger partial charge in [0.2, 0.25) is 0 Å². The van der Waals surface area contributed by atoms with Crippen molar-refractivity contribution in [2.75, 3.05) is 5.75 Å². The first-order chi connectivity index (χ1) is 8.15. The SMILES string of the molecule is CCC1CCCC2(CC1)NC(C(=O)O)CCS2. The van der Waals surface area contributed by atoms with Gasteiger partial charge in [-0.25, -0.2) is 0 Å². The molecule has 0 aromatic rings. The summed E-state index contributed by atoms with van der Waals surface area (Å²) in [6.45, 7) is 2.27. The second-order valence-corrected chi connectivity index (χ2v) is 6.85. The summed E-state index contributed by atoms with van der Waals surface area (Å²) in [6.07, 6.45) is 8.12. The summed E-state index contributed by atoms with van der Waals surface area (Å²) < 4.78 is 0. The zero-order chi connectivity index (χ0) is 12.3. The van der Waals surface area contributed by atoms with Crippen LogP contribution in [0.15, 0.2) is 0 Å². The highest BCUT2D eigenvalue weighted by Crippen LogP contribution is 2.42. The van der Waals surface area contributed by atoms with Gasteiger partial charge < -0.3 is 5.11 Å². The Labute approximate surface area is 108 Å². The van der Waals surface area contributed by atoms with Crippen LogP contribution in [0.2, 0.25) is 0 Å². The molecule has 2 N–H and O–H groups in total. The fourth-order valence-electron chi connectivity index (χ4n) is 3.07.